The van der Waals surface area contributed by atoms with Gasteiger partial charge < -0.3 is 26.0 Å². The Hall–Kier alpha value is -4.18. The summed E-state index contributed by atoms with van der Waals surface area (Å²) in [5, 5.41) is 5.03. The van der Waals surface area contributed by atoms with Gasteiger partial charge in [-0.05, 0) is 41.3 Å². The second-order valence-corrected chi connectivity index (χ2v) is 10.0. The summed E-state index contributed by atoms with van der Waals surface area (Å²) in [5.41, 5.74) is 6.91. The van der Waals surface area contributed by atoms with Crippen molar-refractivity contribution in [2.45, 2.75) is 25.2 Å². The lowest BCUT2D eigenvalue weighted by Crippen LogP contribution is -2.66. The Morgan fingerprint density at radius 2 is 1.82 bits per heavy atom. The number of pyridine rings is 1. The van der Waals surface area contributed by atoms with Crippen LogP contribution in [0.1, 0.15) is 51.6 Å². The highest BCUT2D eigenvalue weighted by atomic mass is 35.5. The molecule has 0 radical (unpaired) electrons. The van der Waals surface area contributed by atoms with Gasteiger partial charge in [0.1, 0.15) is 28.4 Å². The van der Waals surface area contributed by atoms with Crippen molar-refractivity contribution in [2.24, 2.45) is 0 Å². The molecule has 1 saturated heterocycles. The molecule has 3 aromatic rings. The summed E-state index contributed by atoms with van der Waals surface area (Å²) in [4.78, 5) is 44.7. The van der Waals surface area contributed by atoms with Gasteiger partial charge in [0.15, 0.2) is 0 Å². The first-order valence-electron chi connectivity index (χ1n) is 12.2. The van der Waals surface area contributed by atoms with E-state index < -0.39 is 29.0 Å². The van der Waals surface area contributed by atoms with Crippen molar-refractivity contribution in [2.75, 3.05) is 43.2 Å². The maximum atomic E-state index is 14.4. The number of hydrogen-bond donors (Lipinski definition) is 3. The molecule has 4 N–H and O–H groups in total. The summed E-state index contributed by atoms with van der Waals surface area (Å²) in [7, 11) is 2.69. The third-order valence-corrected chi connectivity index (χ3v) is 7.16. The fourth-order valence-corrected chi connectivity index (χ4v) is 4.94. The molecule has 2 amide bonds. The predicted octanol–water partition coefficient (Wildman–Crippen LogP) is 4.12. The smallest absolute Gasteiger partial charge is 0.341 e. The van der Waals surface area contributed by atoms with Crippen molar-refractivity contribution in [1.29, 1.82) is 0 Å². The van der Waals surface area contributed by atoms with E-state index in [0.717, 1.165) is 17.2 Å². The molecule has 9 nitrogen and oxygen atoms in total. The zero-order valence-electron chi connectivity index (χ0n) is 22.0. The van der Waals surface area contributed by atoms with Crippen molar-refractivity contribution in [3.63, 3.8) is 0 Å². The molecule has 4 rings (SSSR count). The van der Waals surface area contributed by atoms with Crippen LogP contribution in [0.15, 0.2) is 48.5 Å². The van der Waals surface area contributed by atoms with Crippen molar-refractivity contribution in [1.82, 2.24) is 10.3 Å². The van der Waals surface area contributed by atoms with Crippen LogP contribution in [-0.4, -0.2) is 50.0 Å². The average molecular weight is 554 g/mol. The first kappa shape index (κ1) is 27.8. The Balaban J connectivity index is 1.74. The molecule has 1 aliphatic rings. The number of nitrogens with one attached hydrogen (secondary N) is 2. The van der Waals surface area contributed by atoms with Gasteiger partial charge in [-0.25, -0.2) is 14.2 Å². The number of nitrogens with zero attached hydrogens (tertiary/aromatic N) is 2. The lowest BCUT2D eigenvalue weighted by atomic mass is 9.69. The number of amides is 2. The molecule has 0 spiro atoms. The Kier molecular flexibility index (Phi) is 7.78. The minimum absolute atomic E-state index is 0.00547. The van der Waals surface area contributed by atoms with Crippen molar-refractivity contribution in [3.05, 3.63) is 81.6 Å². The van der Waals surface area contributed by atoms with E-state index in [1.165, 1.54) is 26.3 Å². The molecule has 204 valence electrons. The molecule has 0 aliphatic carbocycles. The first-order valence-corrected chi connectivity index (χ1v) is 12.6. The second kappa shape index (κ2) is 10.9. The molecule has 39 heavy (non-hydrogen) atoms. The molecular weight excluding hydrogens is 525 g/mol. The molecular formula is C28H29ClFN5O4. The Bertz CT molecular complexity index is 1460. The van der Waals surface area contributed by atoms with Gasteiger partial charge in [-0.1, -0.05) is 49.7 Å². The average Bonchev–Trinajstić information content (AvgIpc) is 2.89. The number of ether oxygens (including phenoxy) is 1. The minimum Gasteiger partial charge on any atom is -0.465 e. The highest BCUT2D eigenvalue weighted by Crippen LogP contribution is 2.42. The molecule has 0 saturated carbocycles. The van der Waals surface area contributed by atoms with Crippen LogP contribution in [0.25, 0.3) is 0 Å². The van der Waals surface area contributed by atoms with Gasteiger partial charge >= 0.3 is 5.97 Å². The third-order valence-electron chi connectivity index (χ3n) is 6.87. The van der Waals surface area contributed by atoms with Crippen LogP contribution < -0.4 is 21.3 Å². The van der Waals surface area contributed by atoms with E-state index >= 15 is 0 Å². The molecule has 2 heterocycles. The van der Waals surface area contributed by atoms with Gasteiger partial charge in [-0.15, -0.1) is 0 Å². The van der Waals surface area contributed by atoms with E-state index in [1.54, 1.807) is 6.07 Å². The van der Waals surface area contributed by atoms with Gasteiger partial charge in [0.25, 0.3) is 5.91 Å². The Labute approximate surface area is 230 Å². The molecule has 1 fully saturated rings. The van der Waals surface area contributed by atoms with Crippen LogP contribution in [0, 0.1) is 5.82 Å². The van der Waals surface area contributed by atoms with E-state index in [0.29, 0.717) is 5.82 Å². The predicted molar refractivity (Wildman–Crippen MR) is 148 cm³/mol. The Morgan fingerprint density at radius 1 is 1.13 bits per heavy atom. The highest BCUT2D eigenvalue weighted by Gasteiger charge is 2.52. The molecule has 0 bridgehead atoms. The largest absolute Gasteiger partial charge is 0.465 e. The second-order valence-electron chi connectivity index (χ2n) is 9.62. The SMILES string of the molecule is CNC(=O)c1cc(Cl)c(F)cc1NC(=O)C1(c2ccccc2C(C)C)CN(c2ccc(C(=O)OC)c(N)n2)C1. The maximum Gasteiger partial charge on any atom is 0.341 e. The van der Waals surface area contributed by atoms with Gasteiger partial charge in [0.2, 0.25) is 5.91 Å². The maximum absolute atomic E-state index is 14.4. The normalized spacial score (nSPS) is 14.0. The van der Waals surface area contributed by atoms with Crippen LogP contribution in [-0.2, 0) is 14.9 Å². The zero-order chi connectivity index (χ0) is 28.5. The summed E-state index contributed by atoms with van der Waals surface area (Å²) < 4.78 is 19.2. The number of rotatable bonds is 7. The van der Waals surface area contributed by atoms with Crippen molar-refractivity contribution in [3.8, 4) is 0 Å². The van der Waals surface area contributed by atoms with Crippen LogP contribution in [0.5, 0.6) is 0 Å². The number of benzene rings is 2. The van der Waals surface area contributed by atoms with Gasteiger partial charge in [0, 0.05) is 20.1 Å². The molecule has 0 atom stereocenters. The number of carbonyl (C=O) groups excluding carboxylic acids is 3. The first-order chi connectivity index (χ1) is 18.5. The van der Waals surface area contributed by atoms with E-state index in [4.69, 9.17) is 22.1 Å². The molecule has 1 aromatic heterocycles. The number of aromatic nitrogens is 1. The standard InChI is InChI=1S/C28H29ClFN5O4/c1-15(2)16-7-5-6-8-19(16)28(13-35(14-28)23-10-9-17(24(31)34-23)26(37)39-4)27(38)33-22-12-21(30)20(29)11-18(22)25(36)32-3/h5-12,15H,13-14H2,1-4H3,(H2,31,34)(H,32,36)(H,33,38). The number of nitrogen functional groups attached to an aromatic ring is 1. The molecule has 1 aliphatic heterocycles. The number of nitrogens with two attached hydrogens (primary N) is 1. The lowest BCUT2D eigenvalue weighted by Gasteiger charge is -2.50. The third kappa shape index (κ3) is 5.12. The van der Waals surface area contributed by atoms with Crippen LogP contribution in [0.3, 0.4) is 0 Å². The van der Waals surface area contributed by atoms with E-state index in [-0.39, 0.29) is 46.7 Å². The number of anilines is 3. The molecule has 11 heteroatoms. The van der Waals surface area contributed by atoms with E-state index in [1.807, 2.05) is 43.0 Å². The fraction of sp³-hybridized carbons (Fsp3) is 0.286. The number of hydrogen-bond acceptors (Lipinski definition) is 7. The monoisotopic (exact) mass is 553 g/mol. The number of carbonyl (C=O) groups is 3. The molecule has 2 aromatic carbocycles. The Morgan fingerprint density at radius 3 is 2.44 bits per heavy atom. The highest BCUT2D eigenvalue weighted by molar-refractivity contribution is 6.31. The fourth-order valence-electron chi connectivity index (χ4n) is 4.78. The van der Waals surface area contributed by atoms with Crippen LogP contribution >= 0.6 is 11.6 Å². The molecule has 0 unspecified atom stereocenters. The van der Waals surface area contributed by atoms with E-state index in [2.05, 4.69) is 15.6 Å². The summed E-state index contributed by atoms with van der Waals surface area (Å²) in [6, 6.07) is 13.0. The quantitative estimate of drug-likeness (QED) is 0.376. The minimum atomic E-state index is -1.06. The topological polar surface area (TPSA) is 127 Å². The number of methoxy groups -OCH3 is 1. The van der Waals surface area contributed by atoms with Crippen molar-refractivity contribution >= 4 is 46.7 Å². The van der Waals surface area contributed by atoms with Crippen LogP contribution in [0.4, 0.5) is 21.7 Å². The summed E-state index contributed by atoms with van der Waals surface area (Å²) in [6.45, 7) is 4.51. The van der Waals surface area contributed by atoms with Gasteiger partial charge in [-0.2, -0.15) is 0 Å². The van der Waals surface area contributed by atoms with Crippen LogP contribution in [0.2, 0.25) is 5.02 Å². The number of halogens is 2. The van der Waals surface area contributed by atoms with Crippen molar-refractivity contribution < 1.29 is 23.5 Å². The number of esters is 1. The zero-order valence-corrected chi connectivity index (χ0v) is 22.7. The lowest BCUT2D eigenvalue weighted by molar-refractivity contribution is -0.122. The summed E-state index contributed by atoms with van der Waals surface area (Å²) >= 11 is 5.92. The van der Waals surface area contributed by atoms with Gasteiger partial charge in [0.05, 0.1) is 23.4 Å². The van der Waals surface area contributed by atoms with Gasteiger partial charge in [-0.3, -0.25) is 9.59 Å². The summed E-state index contributed by atoms with van der Waals surface area (Å²) in [5.74, 6) is -1.71. The van der Waals surface area contributed by atoms with E-state index in [9.17, 15) is 18.8 Å². The summed E-state index contributed by atoms with van der Waals surface area (Å²) in [6.07, 6.45) is 0.